The van der Waals surface area contributed by atoms with Crippen molar-refractivity contribution in [2.45, 2.75) is 44.9 Å². The van der Waals surface area contributed by atoms with Crippen LogP contribution in [0.1, 0.15) is 43.4 Å². The van der Waals surface area contributed by atoms with Crippen molar-refractivity contribution in [3.63, 3.8) is 0 Å². The largest absolute Gasteiger partial charge is 0.347 e. The monoisotopic (exact) mass is 404 g/mol. The van der Waals surface area contributed by atoms with Gasteiger partial charge in [0, 0.05) is 11.8 Å². The van der Waals surface area contributed by atoms with Crippen LogP contribution in [0.2, 0.25) is 0 Å². The molecule has 0 saturated heterocycles. The third-order valence-corrected chi connectivity index (χ3v) is 5.81. The second-order valence-corrected chi connectivity index (χ2v) is 8.13. The van der Waals surface area contributed by atoms with E-state index in [1.54, 1.807) is 0 Å². The highest BCUT2D eigenvalue weighted by molar-refractivity contribution is 5.95. The van der Waals surface area contributed by atoms with Crippen LogP contribution in [0.5, 0.6) is 0 Å². The minimum atomic E-state index is -0.281. The fraction of sp³-hybridized carbons (Fsp3) is 0.375. The maximum Gasteiger partial charge on any atom is 0.244 e. The Morgan fingerprint density at radius 2 is 1.80 bits per heavy atom. The van der Waals surface area contributed by atoms with E-state index in [1.807, 2.05) is 48.5 Å². The van der Waals surface area contributed by atoms with Crippen LogP contribution >= 0.6 is 0 Å². The Kier molecular flexibility index (Phi) is 6.42. The molecule has 30 heavy (non-hydrogen) atoms. The Balaban J connectivity index is 1.25. The number of anilines is 1. The average molecular weight is 405 g/mol. The maximum absolute atomic E-state index is 12.3. The molecule has 2 amide bonds. The summed E-state index contributed by atoms with van der Waals surface area (Å²) in [6.45, 7) is -0.0750. The Hall–Kier alpha value is -3.15. The van der Waals surface area contributed by atoms with E-state index in [1.165, 1.54) is 32.1 Å². The summed E-state index contributed by atoms with van der Waals surface area (Å²) in [4.78, 5) is 24.5. The smallest absolute Gasteiger partial charge is 0.244 e. The number of hydrogen-bond donors (Lipinski definition) is 3. The first kappa shape index (κ1) is 20.1. The first-order valence-electron chi connectivity index (χ1n) is 10.7. The quantitative estimate of drug-likeness (QED) is 0.557. The number of carbonyl (C=O) groups is 2. The van der Waals surface area contributed by atoms with Crippen molar-refractivity contribution in [2.24, 2.45) is 5.92 Å². The van der Waals surface area contributed by atoms with E-state index < -0.39 is 0 Å². The molecule has 3 N–H and O–H groups in total. The summed E-state index contributed by atoms with van der Waals surface area (Å²) in [6.07, 6.45) is 7.70. The molecule has 2 aromatic carbocycles. The van der Waals surface area contributed by atoms with Gasteiger partial charge in [-0.25, -0.2) is 0 Å². The zero-order valence-corrected chi connectivity index (χ0v) is 17.1. The number of H-pyrrole nitrogens is 1. The maximum atomic E-state index is 12.3. The normalized spacial score (nSPS) is 14.5. The molecule has 1 aliphatic carbocycles. The number of amides is 2. The van der Waals surface area contributed by atoms with E-state index in [4.69, 9.17) is 0 Å². The van der Waals surface area contributed by atoms with Gasteiger partial charge in [0.1, 0.15) is 0 Å². The summed E-state index contributed by atoms with van der Waals surface area (Å²) in [5, 5.41) is 14.8. The molecule has 6 heteroatoms. The SMILES string of the molecule is O=C(Cc1cccc2ccccc12)NCC(=O)Nc1cc(CC2CCCCC2)[nH]n1. The van der Waals surface area contributed by atoms with Gasteiger partial charge in [0.15, 0.2) is 5.82 Å². The predicted molar refractivity (Wildman–Crippen MR) is 118 cm³/mol. The zero-order chi connectivity index (χ0) is 20.8. The van der Waals surface area contributed by atoms with Gasteiger partial charge in [-0.2, -0.15) is 5.10 Å². The lowest BCUT2D eigenvalue weighted by molar-refractivity contribution is -0.123. The van der Waals surface area contributed by atoms with Crippen molar-refractivity contribution in [1.29, 1.82) is 0 Å². The van der Waals surface area contributed by atoms with Gasteiger partial charge in [0.05, 0.1) is 13.0 Å². The fourth-order valence-corrected chi connectivity index (χ4v) is 4.28. The van der Waals surface area contributed by atoms with Gasteiger partial charge in [-0.1, -0.05) is 74.6 Å². The van der Waals surface area contributed by atoms with Gasteiger partial charge in [-0.3, -0.25) is 14.7 Å². The van der Waals surface area contributed by atoms with Gasteiger partial charge in [-0.05, 0) is 28.7 Å². The lowest BCUT2D eigenvalue weighted by atomic mass is 9.86. The lowest BCUT2D eigenvalue weighted by Gasteiger charge is -2.20. The lowest BCUT2D eigenvalue weighted by Crippen LogP contribution is -2.33. The third kappa shape index (κ3) is 5.26. The summed E-state index contributed by atoms with van der Waals surface area (Å²) in [7, 11) is 0. The van der Waals surface area contributed by atoms with Crippen LogP contribution in [0.3, 0.4) is 0 Å². The molecule has 0 aliphatic heterocycles. The first-order valence-corrected chi connectivity index (χ1v) is 10.7. The molecule has 1 saturated carbocycles. The zero-order valence-electron chi connectivity index (χ0n) is 17.1. The number of aromatic nitrogens is 2. The Labute approximate surface area is 176 Å². The first-order chi connectivity index (χ1) is 14.7. The molecule has 3 aromatic rings. The molecule has 156 valence electrons. The molecule has 1 aliphatic rings. The summed E-state index contributed by atoms with van der Waals surface area (Å²) in [5.74, 6) is 0.753. The van der Waals surface area contributed by atoms with Crippen molar-refractivity contribution < 1.29 is 9.59 Å². The van der Waals surface area contributed by atoms with E-state index in [0.717, 1.165) is 28.5 Å². The molecule has 0 radical (unpaired) electrons. The minimum Gasteiger partial charge on any atom is -0.347 e. The van der Waals surface area contributed by atoms with Crippen molar-refractivity contribution in [1.82, 2.24) is 15.5 Å². The molecule has 4 rings (SSSR count). The van der Waals surface area contributed by atoms with Gasteiger partial charge in [0.25, 0.3) is 0 Å². The third-order valence-electron chi connectivity index (χ3n) is 5.81. The Morgan fingerprint density at radius 3 is 2.67 bits per heavy atom. The second-order valence-electron chi connectivity index (χ2n) is 8.13. The molecule has 0 bridgehead atoms. The Morgan fingerprint density at radius 1 is 1.00 bits per heavy atom. The minimum absolute atomic E-state index is 0.0750. The molecule has 1 heterocycles. The van der Waals surface area contributed by atoms with E-state index in [2.05, 4.69) is 20.8 Å². The van der Waals surface area contributed by atoms with Crippen molar-refractivity contribution >= 4 is 28.4 Å². The van der Waals surface area contributed by atoms with Gasteiger partial charge < -0.3 is 10.6 Å². The molecule has 0 spiro atoms. The number of nitrogens with zero attached hydrogens (tertiary/aromatic N) is 1. The molecule has 0 unspecified atom stereocenters. The highest BCUT2D eigenvalue weighted by Crippen LogP contribution is 2.26. The molecule has 1 aromatic heterocycles. The molecule has 6 nitrogen and oxygen atoms in total. The molecular weight excluding hydrogens is 376 g/mol. The second kappa shape index (κ2) is 9.57. The van der Waals surface area contributed by atoms with E-state index in [-0.39, 0.29) is 24.8 Å². The number of benzene rings is 2. The van der Waals surface area contributed by atoms with Gasteiger partial charge in [0.2, 0.25) is 11.8 Å². The van der Waals surface area contributed by atoms with Crippen molar-refractivity contribution in [3.05, 3.63) is 59.8 Å². The topological polar surface area (TPSA) is 86.9 Å². The van der Waals surface area contributed by atoms with Gasteiger partial charge in [-0.15, -0.1) is 0 Å². The number of hydrogen-bond acceptors (Lipinski definition) is 3. The number of aromatic amines is 1. The molecular formula is C24H28N4O2. The summed E-state index contributed by atoms with van der Waals surface area (Å²) < 4.78 is 0. The van der Waals surface area contributed by atoms with E-state index in [0.29, 0.717) is 11.7 Å². The van der Waals surface area contributed by atoms with E-state index in [9.17, 15) is 9.59 Å². The number of rotatable bonds is 7. The van der Waals surface area contributed by atoms with Crippen LogP contribution in [0.25, 0.3) is 10.8 Å². The van der Waals surface area contributed by atoms with Crippen LogP contribution in [-0.2, 0) is 22.4 Å². The fourth-order valence-electron chi connectivity index (χ4n) is 4.28. The van der Waals surface area contributed by atoms with Crippen LogP contribution < -0.4 is 10.6 Å². The summed E-state index contributed by atoms with van der Waals surface area (Å²) in [6, 6.07) is 15.8. The number of fused-ring (bicyclic) bond motifs is 1. The summed E-state index contributed by atoms with van der Waals surface area (Å²) >= 11 is 0. The number of carbonyl (C=O) groups excluding carboxylic acids is 2. The predicted octanol–water partition coefficient (Wildman–Crippen LogP) is 3.98. The van der Waals surface area contributed by atoms with E-state index >= 15 is 0 Å². The van der Waals surface area contributed by atoms with Crippen LogP contribution in [0.4, 0.5) is 5.82 Å². The number of nitrogens with one attached hydrogen (secondary N) is 3. The molecule has 1 fully saturated rings. The molecule has 0 atom stereocenters. The van der Waals surface area contributed by atoms with Crippen molar-refractivity contribution in [3.8, 4) is 0 Å². The van der Waals surface area contributed by atoms with Crippen LogP contribution in [-0.4, -0.2) is 28.6 Å². The standard InChI is InChI=1S/C24H28N4O2/c29-23(14-19-11-6-10-18-9-4-5-12-21(18)19)25-16-24(30)26-22-15-20(27-28-22)13-17-7-2-1-3-8-17/h4-6,9-12,15,17H,1-3,7-8,13-14,16H2,(H,25,29)(H2,26,27,28,30). The summed E-state index contributed by atoms with van der Waals surface area (Å²) in [5.41, 5.74) is 2.00. The highest BCUT2D eigenvalue weighted by Gasteiger charge is 2.16. The van der Waals surface area contributed by atoms with Crippen LogP contribution in [0.15, 0.2) is 48.5 Å². The Bertz CT molecular complexity index is 1020. The van der Waals surface area contributed by atoms with Crippen LogP contribution in [0, 0.1) is 5.92 Å². The van der Waals surface area contributed by atoms with Gasteiger partial charge >= 0.3 is 0 Å². The van der Waals surface area contributed by atoms with Crippen molar-refractivity contribution in [2.75, 3.05) is 11.9 Å². The highest BCUT2D eigenvalue weighted by atomic mass is 16.2. The average Bonchev–Trinajstić information content (AvgIpc) is 3.20.